The third-order valence-corrected chi connectivity index (χ3v) is 4.95. The molecule has 0 spiro atoms. The number of H-pyrrole nitrogens is 1. The van der Waals surface area contributed by atoms with Gasteiger partial charge in [-0.05, 0) is 24.9 Å². The SMILES string of the molecule is CSCCC(N)C(=O)NC(CCC(N)=O)C(=O)NC(Cc1cnc[nH]1)C(=O)NCC(=O)O. The minimum Gasteiger partial charge on any atom is -0.480 e. The van der Waals surface area contributed by atoms with Crippen molar-refractivity contribution in [3.05, 3.63) is 18.2 Å². The van der Waals surface area contributed by atoms with Gasteiger partial charge in [-0.2, -0.15) is 11.8 Å². The summed E-state index contributed by atoms with van der Waals surface area (Å²) in [6, 6.07) is -3.20. The van der Waals surface area contributed by atoms with Gasteiger partial charge in [0.15, 0.2) is 0 Å². The highest BCUT2D eigenvalue weighted by molar-refractivity contribution is 7.98. The normalized spacial score (nSPS) is 13.4. The van der Waals surface area contributed by atoms with E-state index in [4.69, 9.17) is 16.6 Å². The molecule has 14 heteroatoms. The van der Waals surface area contributed by atoms with E-state index < -0.39 is 54.3 Å². The molecule has 4 amide bonds. The molecule has 1 aromatic heterocycles. The molecule has 13 nitrogen and oxygen atoms in total. The van der Waals surface area contributed by atoms with E-state index in [0.717, 1.165) is 0 Å². The number of primary amides is 1. The van der Waals surface area contributed by atoms with Crippen LogP contribution in [0.1, 0.15) is 25.0 Å². The number of rotatable bonds is 15. The Labute approximate surface area is 188 Å². The van der Waals surface area contributed by atoms with Crippen molar-refractivity contribution in [1.82, 2.24) is 25.9 Å². The number of nitrogens with two attached hydrogens (primary N) is 2. The number of aromatic amines is 1. The van der Waals surface area contributed by atoms with Crippen LogP contribution in [0.2, 0.25) is 0 Å². The molecule has 0 aliphatic rings. The molecule has 0 saturated heterocycles. The quantitative estimate of drug-likeness (QED) is 0.143. The predicted octanol–water partition coefficient (Wildman–Crippen LogP) is -2.53. The van der Waals surface area contributed by atoms with Crippen molar-refractivity contribution in [2.75, 3.05) is 18.6 Å². The van der Waals surface area contributed by atoms with Gasteiger partial charge in [-0.15, -0.1) is 0 Å². The van der Waals surface area contributed by atoms with Crippen molar-refractivity contribution >= 4 is 41.4 Å². The summed E-state index contributed by atoms with van der Waals surface area (Å²) in [5, 5.41) is 16.0. The van der Waals surface area contributed by atoms with Crippen molar-refractivity contribution in [2.24, 2.45) is 11.5 Å². The number of hydrogen-bond donors (Lipinski definition) is 7. The number of aliphatic carboxylic acids is 1. The van der Waals surface area contributed by atoms with Gasteiger partial charge in [0.25, 0.3) is 0 Å². The molecule has 0 aliphatic carbocycles. The third-order valence-electron chi connectivity index (χ3n) is 4.31. The molecule has 178 valence electrons. The molecule has 9 N–H and O–H groups in total. The Morgan fingerprint density at radius 3 is 2.38 bits per heavy atom. The summed E-state index contributed by atoms with van der Waals surface area (Å²) in [6.07, 6.45) is 4.78. The summed E-state index contributed by atoms with van der Waals surface area (Å²) >= 11 is 1.51. The molecule has 0 aliphatic heterocycles. The van der Waals surface area contributed by atoms with E-state index in [1.165, 1.54) is 24.3 Å². The molecule has 1 aromatic rings. The Kier molecular flexibility index (Phi) is 11.8. The molecule has 0 radical (unpaired) electrons. The van der Waals surface area contributed by atoms with Gasteiger partial charge in [0, 0.05) is 24.7 Å². The first-order valence-electron chi connectivity index (χ1n) is 9.74. The number of amides is 4. The Morgan fingerprint density at radius 1 is 1.12 bits per heavy atom. The van der Waals surface area contributed by atoms with E-state index in [1.54, 1.807) is 0 Å². The van der Waals surface area contributed by atoms with Crippen LogP contribution in [0, 0.1) is 0 Å². The van der Waals surface area contributed by atoms with E-state index in [-0.39, 0.29) is 19.3 Å². The molecule has 0 aromatic carbocycles. The van der Waals surface area contributed by atoms with Gasteiger partial charge in [-0.25, -0.2) is 4.98 Å². The Hall–Kier alpha value is -3.13. The zero-order valence-electron chi connectivity index (χ0n) is 17.6. The number of nitrogens with zero attached hydrogens (tertiary/aromatic N) is 1. The fourth-order valence-corrected chi connectivity index (χ4v) is 3.08. The lowest BCUT2D eigenvalue weighted by Gasteiger charge is -2.23. The number of carbonyl (C=O) groups excluding carboxylic acids is 4. The average molecular weight is 472 g/mol. The van der Waals surface area contributed by atoms with E-state index >= 15 is 0 Å². The first-order chi connectivity index (χ1) is 15.1. The first kappa shape index (κ1) is 26.9. The van der Waals surface area contributed by atoms with Crippen LogP contribution in [0.3, 0.4) is 0 Å². The summed E-state index contributed by atoms with van der Waals surface area (Å²) in [5.74, 6) is -3.35. The van der Waals surface area contributed by atoms with Crippen LogP contribution in [0.25, 0.3) is 0 Å². The van der Waals surface area contributed by atoms with Crippen LogP contribution in [0.4, 0.5) is 0 Å². The minimum absolute atomic E-state index is 0.0130. The summed E-state index contributed by atoms with van der Waals surface area (Å²) in [4.78, 5) is 66.2. The van der Waals surface area contributed by atoms with Gasteiger partial charge < -0.3 is 37.5 Å². The molecule has 1 heterocycles. The Bertz CT molecular complexity index is 789. The highest BCUT2D eigenvalue weighted by Gasteiger charge is 2.29. The van der Waals surface area contributed by atoms with E-state index in [2.05, 4.69) is 25.9 Å². The number of hydrogen-bond acceptors (Lipinski definition) is 8. The zero-order chi connectivity index (χ0) is 24.1. The van der Waals surface area contributed by atoms with E-state index in [0.29, 0.717) is 17.9 Å². The topological polar surface area (TPSA) is 222 Å². The first-order valence-corrected chi connectivity index (χ1v) is 11.1. The zero-order valence-corrected chi connectivity index (χ0v) is 18.4. The van der Waals surface area contributed by atoms with Gasteiger partial charge in [-0.1, -0.05) is 0 Å². The van der Waals surface area contributed by atoms with Crippen LogP contribution in [0.5, 0.6) is 0 Å². The molecule has 32 heavy (non-hydrogen) atoms. The number of imidazole rings is 1. The van der Waals surface area contributed by atoms with Gasteiger partial charge in [-0.3, -0.25) is 24.0 Å². The molecule has 3 unspecified atom stereocenters. The van der Waals surface area contributed by atoms with Crippen molar-refractivity contribution in [1.29, 1.82) is 0 Å². The van der Waals surface area contributed by atoms with Crippen molar-refractivity contribution in [2.45, 2.75) is 43.8 Å². The largest absolute Gasteiger partial charge is 0.480 e. The van der Waals surface area contributed by atoms with Crippen LogP contribution in [0.15, 0.2) is 12.5 Å². The summed E-state index contributed by atoms with van der Waals surface area (Å²) in [7, 11) is 0. The summed E-state index contributed by atoms with van der Waals surface area (Å²) in [6.45, 7) is -0.639. The van der Waals surface area contributed by atoms with Gasteiger partial charge in [0.05, 0.1) is 12.4 Å². The Morgan fingerprint density at radius 2 is 1.81 bits per heavy atom. The second-order valence-corrected chi connectivity index (χ2v) is 7.89. The fraction of sp³-hybridized carbons (Fsp3) is 0.556. The molecule has 0 fully saturated rings. The average Bonchev–Trinajstić information content (AvgIpc) is 3.25. The maximum absolute atomic E-state index is 12.9. The highest BCUT2D eigenvalue weighted by atomic mass is 32.2. The van der Waals surface area contributed by atoms with E-state index in [9.17, 15) is 24.0 Å². The highest BCUT2D eigenvalue weighted by Crippen LogP contribution is 2.05. The summed E-state index contributed by atoms with van der Waals surface area (Å²) in [5.41, 5.74) is 11.5. The maximum Gasteiger partial charge on any atom is 0.322 e. The second-order valence-electron chi connectivity index (χ2n) is 6.91. The summed E-state index contributed by atoms with van der Waals surface area (Å²) < 4.78 is 0. The van der Waals surface area contributed by atoms with E-state index in [1.807, 2.05) is 6.26 Å². The standard InChI is InChI=1S/C18H29N7O6S/c1-32-5-4-11(19)16(29)24-12(2-3-14(20)26)18(31)25-13(6-10-7-21-9-23-10)17(30)22-8-15(27)28/h7,9,11-13H,2-6,8,19H2,1H3,(H2,20,26)(H,21,23)(H,22,30)(H,24,29)(H,25,31)(H,27,28). The number of nitrogens with one attached hydrogen (secondary N) is 4. The molecule has 0 saturated carbocycles. The van der Waals surface area contributed by atoms with Gasteiger partial charge in [0.2, 0.25) is 23.6 Å². The van der Waals surface area contributed by atoms with Gasteiger partial charge >= 0.3 is 5.97 Å². The second kappa shape index (κ2) is 14.0. The lowest BCUT2D eigenvalue weighted by Crippen LogP contribution is -2.56. The van der Waals surface area contributed by atoms with Crippen molar-refractivity contribution in [3.8, 4) is 0 Å². The number of aromatic nitrogens is 2. The Balaban J connectivity index is 2.93. The smallest absolute Gasteiger partial charge is 0.322 e. The number of carboxylic acids is 1. The van der Waals surface area contributed by atoms with Crippen molar-refractivity contribution in [3.63, 3.8) is 0 Å². The minimum atomic E-state index is -1.25. The molecular formula is C18H29N7O6S. The van der Waals surface area contributed by atoms with Crippen LogP contribution < -0.4 is 27.4 Å². The monoisotopic (exact) mass is 471 g/mol. The van der Waals surface area contributed by atoms with Crippen LogP contribution in [-0.2, 0) is 30.4 Å². The molecule has 3 atom stereocenters. The predicted molar refractivity (Wildman–Crippen MR) is 116 cm³/mol. The molecule has 0 bridgehead atoms. The number of thioether (sulfide) groups is 1. The van der Waals surface area contributed by atoms with Crippen molar-refractivity contribution < 1.29 is 29.1 Å². The van der Waals surface area contributed by atoms with Crippen LogP contribution in [-0.4, -0.2) is 81.4 Å². The number of carboxylic acid groups (broad SMARTS) is 1. The fourth-order valence-electron chi connectivity index (χ4n) is 2.59. The lowest BCUT2D eigenvalue weighted by atomic mass is 10.1. The lowest BCUT2D eigenvalue weighted by molar-refractivity contribution is -0.138. The molecule has 1 rings (SSSR count). The van der Waals surface area contributed by atoms with Crippen LogP contribution >= 0.6 is 11.8 Å². The maximum atomic E-state index is 12.9. The van der Waals surface area contributed by atoms with Gasteiger partial charge in [0.1, 0.15) is 18.6 Å². The third kappa shape index (κ3) is 10.3. The number of carbonyl (C=O) groups is 5. The molecular weight excluding hydrogens is 442 g/mol.